The van der Waals surface area contributed by atoms with E-state index in [-0.39, 0.29) is 12.1 Å². The Bertz CT molecular complexity index is 1310. The number of aliphatic hydroxyl groups is 1. The zero-order chi connectivity index (χ0) is 24.8. The minimum Gasteiger partial charge on any atom is -0.479 e. The summed E-state index contributed by atoms with van der Waals surface area (Å²) in [6.07, 6.45) is -1.42. The van der Waals surface area contributed by atoms with Crippen LogP contribution in [-0.2, 0) is 11.2 Å². The van der Waals surface area contributed by atoms with Gasteiger partial charge in [0.1, 0.15) is 0 Å². The molecule has 8 heteroatoms. The molecule has 35 heavy (non-hydrogen) atoms. The largest absolute Gasteiger partial charge is 0.479 e. The number of benzene rings is 3. The Morgan fingerprint density at radius 2 is 1.60 bits per heavy atom. The Morgan fingerprint density at radius 3 is 2.29 bits per heavy atom. The van der Waals surface area contributed by atoms with Crippen LogP contribution in [0.15, 0.2) is 84.9 Å². The highest BCUT2D eigenvalue weighted by Gasteiger charge is 2.23. The maximum Gasteiger partial charge on any atom is 0.332 e. The van der Waals surface area contributed by atoms with Gasteiger partial charge < -0.3 is 15.5 Å². The Kier molecular flexibility index (Phi) is 7.60. The van der Waals surface area contributed by atoms with Crippen LogP contribution in [0.4, 0.5) is 0 Å². The average Bonchev–Trinajstić information content (AvgIpc) is 3.35. The van der Waals surface area contributed by atoms with Crippen molar-refractivity contribution in [2.45, 2.75) is 25.0 Å². The summed E-state index contributed by atoms with van der Waals surface area (Å²) in [6.45, 7) is 0. The molecule has 1 heterocycles. The number of carboxylic acids is 1. The molecular formula is C27H24ClN3O4. The van der Waals surface area contributed by atoms with Crippen LogP contribution < -0.4 is 5.32 Å². The normalized spacial score (nSPS) is 12.6. The number of hydrogen-bond donors (Lipinski definition) is 4. The zero-order valence-corrected chi connectivity index (χ0v) is 19.4. The van der Waals surface area contributed by atoms with E-state index in [0.717, 1.165) is 16.7 Å². The van der Waals surface area contributed by atoms with E-state index in [1.165, 1.54) is 0 Å². The molecule has 0 fully saturated rings. The highest BCUT2D eigenvalue weighted by Crippen LogP contribution is 2.26. The molecule has 1 amide bonds. The van der Waals surface area contributed by atoms with Crippen molar-refractivity contribution in [2.75, 3.05) is 0 Å². The number of carbonyl (C=O) groups excluding carboxylic acids is 1. The number of carboxylic acid groups (broad SMARTS) is 1. The minimum absolute atomic E-state index is 0.133. The first-order chi connectivity index (χ1) is 16.9. The number of carbonyl (C=O) groups is 2. The van der Waals surface area contributed by atoms with Gasteiger partial charge in [-0.25, -0.2) is 4.79 Å². The first-order valence-electron chi connectivity index (χ1n) is 11.1. The number of aromatic nitrogens is 2. The third-order valence-corrected chi connectivity index (χ3v) is 5.98. The number of aliphatic hydroxyl groups excluding tert-OH is 1. The van der Waals surface area contributed by atoms with E-state index in [1.54, 1.807) is 18.2 Å². The molecule has 2 unspecified atom stereocenters. The minimum atomic E-state index is -1.61. The van der Waals surface area contributed by atoms with Crippen molar-refractivity contribution in [3.8, 4) is 22.4 Å². The number of amides is 1. The van der Waals surface area contributed by atoms with E-state index in [0.29, 0.717) is 22.7 Å². The van der Waals surface area contributed by atoms with Gasteiger partial charge in [-0.3, -0.25) is 9.89 Å². The van der Waals surface area contributed by atoms with Crippen LogP contribution >= 0.6 is 11.6 Å². The number of H-pyrrole nitrogens is 1. The summed E-state index contributed by atoms with van der Waals surface area (Å²) in [7, 11) is 0. The van der Waals surface area contributed by atoms with Gasteiger partial charge in [-0.15, -0.1) is 0 Å². The van der Waals surface area contributed by atoms with Gasteiger partial charge in [-0.2, -0.15) is 5.10 Å². The maximum absolute atomic E-state index is 12.9. The molecule has 4 N–H and O–H groups in total. The molecule has 0 aliphatic carbocycles. The standard InChI is InChI=1S/C27H24ClN3O4/c28-22-9-5-4-8-21(22)23-16-24(31-30-23)26(33)29-20(15-25(32)27(34)35)14-17-10-12-19(13-11-17)18-6-2-1-3-7-18/h1-13,16,20,25,32H,14-15H2,(H,29,33)(H,30,31)(H,34,35). The van der Waals surface area contributed by atoms with Crippen LogP contribution in [0.2, 0.25) is 5.02 Å². The third kappa shape index (κ3) is 6.15. The van der Waals surface area contributed by atoms with Crippen molar-refractivity contribution in [3.05, 3.63) is 101 Å². The molecule has 0 bridgehead atoms. The molecule has 7 nitrogen and oxygen atoms in total. The van der Waals surface area contributed by atoms with E-state index >= 15 is 0 Å². The number of rotatable bonds is 9. The van der Waals surface area contributed by atoms with Gasteiger partial charge in [0, 0.05) is 23.0 Å². The Hall–Kier alpha value is -3.94. The van der Waals surface area contributed by atoms with Crippen LogP contribution in [0.1, 0.15) is 22.5 Å². The number of hydrogen-bond acceptors (Lipinski definition) is 4. The predicted octanol–water partition coefficient (Wildman–Crippen LogP) is 4.57. The molecule has 3 aromatic carbocycles. The summed E-state index contributed by atoms with van der Waals surface area (Å²) in [6, 6.07) is 25.9. The van der Waals surface area contributed by atoms with Crippen molar-refractivity contribution in [1.82, 2.24) is 15.5 Å². The molecule has 0 radical (unpaired) electrons. The summed E-state index contributed by atoms with van der Waals surface area (Å²) in [5, 5.41) is 29.3. The smallest absolute Gasteiger partial charge is 0.332 e. The highest BCUT2D eigenvalue weighted by molar-refractivity contribution is 6.33. The summed E-state index contributed by atoms with van der Waals surface area (Å²) in [4.78, 5) is 24.2. The zero-order valence-electron chi connectivity index (χ0n) is 18.7. The Balaban J connectivity index is 1.49. The molecule has 178 valence electrons. The molecular weight excluding hydrogens is 466 g/mol. The van der Waals surface area contributed by atoms with Crippen LogP contribution in [0.5, 0.6) is 0 Å². The van der Waals surface area contributed by atoms with Gasteiger partial charge in [0.05, 0.1) is 5.69 Å². The monoisotopic (exact) mass is 489 g/mol. The van der Waals surface area contributed by atoms with E-state index in [2.05, 4.69) is 15.5 Å². The number of aliphatic carboxylic acids is 1. The maximum atomic E-state index is 12.9. The summed E-state index contributed by atoms with van der Waals surface area (Å²) in [5.74, 6) is -1.83. The Labute approximate surface area is 207 Å². The second-order valence-corrected chi connectivity index (χ2v) is 8.58. The van der Waals surface area contributed by atoms with Crippen molar-refractivity contribution in [3.63, 3.8) is 0 Å². The molecule has 0 saturated heterocycles. The van der Waals surface area contributed by atoms with Crippen molar-refractivity contribution >= 4 is 23.5 Å². The molecule has 0 aliphatic rings. The molecule has 0 aliphatic heterocycles. The predicted molar refractivity (Wildman–Crippen MR) is 134 cm³/mol. The lowest BCUT2D eigenvalue weighted by molar-refractivity contribution is -0.147. The average molecular weight is 490 g/mol. The fraction of sp³-hybridized carbons (Fsp3) is 0.148. The van der Waals surface area contributed by atoms with Gasteiger partial charge in [0.2, 0.25) is 0 Å². The fourth-order valence-electron chi connectivity index (χ4n) is 3.83. The fourth-order valence-corrected chi connectivity index (χ4v) is 4.06. The molecule has 0 spiro atoms. The number of halogens is 1. The van der Waals surface area contributed by atoms with E-state index in [9.17, 15) is 19.8 Å². The van der Waals surface area contributed by atoms with Gasteiger partial charge in [-0.05, 0) is 35.2 Å². The molecule has 2 atom stereocenters. The first-order valence-corrected chi connectivity index (χ1v) is 11.4. The number of nitrogens with zero attached hydrogens (tertiary/aromatic N) is 1. The van der Waals surface area contributed by atoms with Crippen LogP contribution in [0.25, 0.3) is 22.4 Å². The van der Waals surface area contributed by atoms with E-state index in [1.807, 2.05) is 66.7 Å². The molecule has 4 aromatic rings. The second-order valence-electron chi connectivity index (χ2n) is 8.17. The summed E-state index contributed by atoms with van der Waals surface area (Å²) < 4.78 is 0. The highest BCUT2D eigenvalue weighted by atomic mass is 35.5. The van der Waals surface area contributed by atoms with E-state index < -0.39 is 24.0 Å². The summed E-state index contributed by atoms with van der Waals surface area (Å²) in [5.41, 5.74) is 4.44. The lowest BCUT2D eigenvalue weighted by Crippen LogP contribution is -2.40. The topological polar surface area (TPSA) is 115 Å². The van der Waals surface area contributed by atoms with E-state index in [4.69, 9.17) is 11.6 Å². The Morgan fingerprint density at radius 1 is 0.943 bits per heavy atom. The molecule has 1 aromatic heterocycles. The van der Waals surface area contributed by atoms with Crippen molar-refractivity contribution in [1.29, 1.82) is 0 Å². The second kappa shape index (κ2) is 11.0. The van der Waals surface area contributed by atoms with Crippen LogP contribution in [0, 0.1) is 0 Å². The van der Waals surface area contributed by atoms with Crippen LogP contribution in [-0.4, -0.2) is 44.4 Å². The SMILES string of the molecule is O=C(NC(Cc1ccc(-c2ccccc2)cc1)CC(O)C(=O)O)c1cc(-c2ccccc2Cl)[nH]n1. The third-order valence-electron chi connectivity index (χ3n) is 5.65. The lowest BCUT2D eigenvalue weighted by atomic mass is 9.97. The summed E-state index contributed by atoms with van der Waals surface area (Å²) >= 11 is 6.23. The van der Waals surface area contributed by atoms with Gasteiger partial charge in [0.15, 0.2) is 11.8 Å². The van der Waals surface area contributed by atoms with Crippen molar-refractivity contribution in [2.24, 2.45) is 0 Å². The van der Waals surface area contributed by atoms with Crippen molar-refractivity contribution < 1.29 is 19.8 Å². The molecule has 0 saturated carbocycles. The van der Waals surface area contributed by atoms with Gasteiger partial charge in [0.25, 0.3) is 5.91 Å². The van der Waals surface area contributed by atoms with Gasteiger partial charge in [-0.1, -0.05) is 84.4 Å². The quantitative estimate of drug-likeness (QED) is 0.275. The first kappa shape index (κ1) is 24.2. The van der Waals surface area contributed by atoms with Crippen LogP contribution in [0.3, 0.4) is 0 Å². The molecule has 4 rings (SSSR count). The number of nitrogens with one attached hydrogen (secondary N) is 2. The lowest BCUT2D eigenvalue weighted by Gasteiger charge is -2.20. The number of aromatic amines is 1. The van der Waals surface area contributed by atoms with Gasteiger partial charge >= 0.3 is 5.97 Å².